The second-order valence-corrected chi connectivity index (χ2v) is 6.88. The monoisotopic (exact) mass is 333 g/mol. The summed E-state index contributed by atoms with van der Waals surface area (Å²) in [6.45, 7) is 5.55. The molecule has 7 nitrogen and oxygen atoms in total. The van der Waals surface area contributed by atoms with E-state index in [0.29, 0.717) is 18.0 Å². The number of nitrogens with one attached hydrogen (secondary N) is 1. The molecule has 1 aliphatic carbocycles. The lowest BCUT2D eigenvalue weighted by molar-refractivity contribution is 0.178. The van der Waals surface area contributed by atoms with Gasteiger partial charge in [0, 0.05) is 37.3 Å². The predicted molar refractivity (Wildman–Crippen MR) is 92.3 cm³/mol. The number of ether oxygens (including phenoxy) is 1. The summed E-state index contributed by atoms with van der Waals surface area (Å²) in [4.78, 5) is 25.1. The van der Waals surface area contributed by atoms with Crippen molar-refractivity contribution in [2.24, 2.45) is 0 Å². The zero-order chi connectivity index (χ0) is 17.1. The van der Waals surface area contributed by atoms with Gasteiger partial charge in [-0.1, -0.05) is 0 Å². The fourth-order valence-corrected chi connectivity index (χ4v) is 3.29. The van der Waals surface area contributed by atoms with Gasteiger partial charge in [-0.15, -0.1) is 0 Å². The van der Waals surface area contributed by atoms with E-state index in [-0.39, 0.29) is 12.1 Å². The fraction of sp³-hybridized carbons (Fsp3) is 0.706. The largest absolute Gasteiger partial charge is 0.481 e. The summed E-state index contributed by atoms with van der Waals surface area (Å²) < 4.78 is 5.24. The molecule has 0 atom stereocenters. The van der Waals surface area contributed by atoms with Crippen LogP contribution in [0.15, 0.2) is 12.4 Å². The highest BCUT2D eigenvalue weighted by Crippen LogP contribution is 2.35. The van der Waals surface area contributed by atoms with Crippen LogP contribution in [0.4, 0.5) is 10.6 Å². The average Bonchev–Trinajstić information content (AvgIpc) is 3.40. The van der Waals surface area contributed by atoms with Crippen LogP contribution in [0.3, 0.4) is 0 Å². The van der Waals surface area contributed by atoms with Crippen molar-refractivity contribution in [3.63, 3.8) is 0 Å². The third kappa shape index (κ3) is 3.88. The van der Waals surface area contributed by atoms with Crippen molar-refractivity contribution < 1.29 is 9.53 Å². The highest BCUT2D eigenvalue weighted by molar-refractivity contribution is 5.74. The molecule has 132 valence electrons. The van der Waals surface area contributed by atoms with Gasteiger partial charge in [0.1, 0.15) is 12.1 Å². The van der Waals surface area contributed by atoms with Gasteiger partial charge in [-0.05, 0) is 39.5 Å². The van der Waals surface area contributed by atoms with Gasteiger partial charge in [-0.3, -0.25) is 0 Å². The van der Waals surface area contributed by atoms with Crippen LogP contribution in [0.2, 0.25) is 0 Å². The molecule has 1 aromatic heterocycles. The molecule has 2 aliphatic rings. The lowest BCUT2D eigenvalue weighted by Gasteiger charge is -2.39. The van der Waals surface area contributed by atoms with Gasteiger partial charge in [-0.2, -0.15) is 0 Å². The van der Waals surface area contributed by atoms with E-state index in [4.69, 9.17) is 4.74 Å². The summed E-state index contributed by atoms with van der Waals surface area (Å²) in [5.74, 6) is 1.54. The molecule has 1 saturated carbocycles. The van der Waals surface area contributed by atoms with Crippen LogP contribution in [-0.2, 0) is 0 Å². The molecule has 1 aromatic rings. The number of carbonyl (C=O) groups is 1. The average molecular weight is 333 g/mol. The molecule has 24 heavy (non-hydrogen) atoms. The standard InChI is InChI=1S/C17H27N5O2/c1-12(2)20-17(23)21-8-6-14(7-9-21)22(13-4-5-13)15-10-16(24-3)19-11-18-15/h10-14H,4-9H2,1-3H3,(H,20,23). The number of anilines is 1. The van der Waals surface area contributed by atoms with E-state index >= 15 is 0 Å². The number of hydrogen-bond acceptors (Lipinski definition) is 5. The summed E-state index contributed by atoms with van der Waals surface area (Å²) in [5.41, 5.74) is 0. The van der Waals surface area contributed by atoms with Crippen LogP contribution in [-0.4, -0.2) is 59.2 Å². The molecule has 0 aromatic carbocycles. The van der Waals surface area contributed by atoms with E-state index < -0.39 is 0 Å². The number of likely N-dealkylation sites (tertiary alicyclic amines) is 1. The van der Waals surface area contributed by atoms with E-state index in [1.807, 2.05) is 24.8 Å². The Labute approximate surface area is 143 Å². The topological polar surface area (TPSA) is 70.6 Å². The number of methoxy groups -OCH3 is 1. The number of nitrogens with zero attached hydrogens (tertiary/aromatic N) is 4. The normalized spacial score (nSPS) is 18.6. The molecule has 1 saturated heterocycles. The third-order valence-electron chi connectivity index (χ3n) is 4.60. The molecule has 0 spiro atoms. The van der Waals surface area contributed by atoms with E-state index in [0.717, 1.165) is 31.7 Å². The zero-order valence-electron chi connectivity index (χ0n) is 14.7. The van der Waals surface area contributed by atoms with Crippen LogP contribution >= 0.6 is 0 Å². The maximum Gasteiger partial charge on any atom is 0.317 e. The number of piperidine rings is 1. The molecule has 1 aliphatic heterocycles. The second-order valence-electron chi connectivity index (χ2n) is 6.88. The SMILES string of the molecule is COc1cc(N(C2CC2)C2CCN(C(=O)NC(C)C)CC2)ncn1. The van der Waals surface area contributed by atoms with Gasteiger partial charge < -0.3 is 19.9 Å². The Morgan fingerprint density at radius 2 is 1.92 bits per heavy atom. The van der Waals surface area contributed by atoms with E-state index in [2.05, 4.69) is 20.2 Å². The molecule has 0 radical (unpaired) electrons. The minimum atomic E-state index is 0.0464. The maximum absolute atomic E-state index is 12.1. The first-order valence-corrected chi connectivity index (χ1v) is 8.78. The van der Waals surface area contributed by atoms with Crippen molar-refractivity contribution in [2.45, 2.75) is 57.7 Å². The predicted octanol–water partition coefficient (Wildman–Crippen LogP) is 2.04. The lowest BCUT2D eigenvalue weighted by Crippen LogP contribution is -2.51. The van der Waals surface area contributed by atoms with Gasteiger partial charge in [0.25, 0.3) is 0 Å². The van der Waals surface area contributed by atoms with Crippen LogP contribution in [0, 0.1) is 0 Å². The van der Waals surface area contributed by atoms with Gasteiger partial charge in [0.15, 0.2) is 0 Å². The minimum Gasteiger partial charge on any atom is -0.481 e. The first-order chi connectivity index (χ1) is 11.6. The molecule has 0 unspecified atom stereocenters. The quantitative estimate of drug-likeness (QED) is 0.893. The maximum atomic E-state index is 12.1. The Balaban J connectivity index is 1.65. The molecule has 2 amide bonds. The number of hydrogen-bond donors (Lipinski definition) is 1. The number of aromatic nitrogens is 2. The first kappa shape index (κ1) is 16.8. The molecule has 0 bridgehead atoms. The smallest absolute Gasteiger partial charge is 0.317 e. The van der Waals surface area contributed by atoms with Crippen molar-refractivity contribution in [1.82, 2.24) is 20.2 Å². The number of carbonyl (C=O) groups excluding carboxylic acids is 1. The fourth-order valence-electron chi connectivity index (χ4n) is 3.29. The zero-order valence-corrected chi connectivity index (χ0v) is 14.7. The van der Waals surface area contributed by atoms with Crippen LogP contribution < -0.4 is 15.0 Å². The molecule has 2 fully saturated rings. The van der Waals surface area contributed by atoms with Crippen molar-refractivity contribution >= 4 is 11.8 Å². The molecule has 3 rings (SSSR count). The highest BCUT2D eigenvalue weighted by atomic mass is 16.5. The van der Waals surface area contributed by atoms with Crippen molar-refractivity contribution in [1.29, 1.82) is 0 Å². The van der Waals surface area contributed by atoms with Crippen LogP contribution in [0.5, 0.6) is 5.88 Å². The Kier molecular flexibility index (Phi) is 5.06. The van der Waals surface area contributed by atoms with Gasteiger partial charge in [-0.25, -0.2) is 14.8 Å². The Hall–Kier alpha value is -2.05. The van der Waals surface area contributed by atoms with E-state index in [1.165, 1.54) is 12.8 Å². The summed E-state index contributed by atoms with van der Waals surface area (Å²) >= 11 is 0. The van der Waals surface area contributed by atoms with Crippen LogP contribution in [0.25, 0.3) is 0 Å². The summed E-state index contributed by atoms with van der Waals surface area (Å²) in [6, 6.07) is 3.11. The molecular weight excluding hydrogens is 306 g/mol. The second kappa shape index (κ2) is 7.23. The number of urea groups is 1. The van der Waals surface area contributed by atoms with E-state index in [9.17, 15) is 4.79 Å². The van der Waals surface area contributed by atoms with Crippen molar-refractivity contribution in [2.75, 3.05) is 25.1 Å². The summed E-state index contributed by atoms with van der Waals surface area (Å²) in [6.07, 6.45) is 5.91. The van der Waals surface area contributed by atoms with Crippen LogP contribution in [0.1, 0.15) is 39.5 Å². The van der Waals surface area contributed by atoms with Crippen molar-refractivity contribution in [3.8, 4) is 5.88 Å². The minimum absolute atomic E-state index is 0.0464. The van der Waals surface area contributed by atoms with E-state index in [1.54, 1.807) is 13.4 Å². The number of amides is 2. The molecule has 7 heteroatoms. The summed E-state index contributed by atoms with van der Waals surface area (Å²) in [5, 5.41) is 2.97. The van der Waals surface area contributed by atoms with Gasteiger partial charge >= 0.3 is 6.03 Å². The Morgan fingerprint density at radius 1 is 1.25 bits per heavy atom. The lowest BCUT2D eigenvalue weighted by atomic mass is 10.0. The molecule has 1 N–H and O–H groups in total. The Bertz CT molecular complexity index is 568. The van der Waals surface area contributed by atoms with Gasteiger partial charge in [0.2, 0.25) is 5.88 Å². The summed E-state index contributed by atoms with van der Waals surface area (Å²) in [7, 11) is 1.62. The first-order valence-electron chi connectivity index (χ1n) is 8.78. The third-order valence-corrected chi connectivity index (χ3v) is 4.60. The van der Waals surface area contributed by atoms with Crippen molar-refractivity contribution in [3.05, 3.63) is 12.4 Å². The molecular formula is C17H27N5O2. The molecule has 2 heterocycles. The highest BCUT2D eigenvalue weighted by Gasteiger charge is 2.37. The van der Waals surface area contributed by atoms with Gasteiger partial charge in [0.05, 0.1) is 7.11 Å². The number of rotatable bonds is 5. The Morgan fingerprint density at radius 3 is 2.50 bits per heavy atom.